The summed E-state index contributed by atoms with van der Waals surface area (Å²) >= 11 is 0. The van der Waals surface area contributed by atoms with E-state index in [0.717, 1.165) is 69.6 Å². The highest BCUT2D eigenvalue weighted by Gasteiger charge is 2.24. The first kappa shape index (κ1) is 19.6. The number of H-pyrrole nitrogens is 1. The van der Waals surface area contributed by atoms with Crippen LogP contribution in [-0.4, -0.2) is 37.0 Å². The van der Waals surface area contributed by atoms with Gasteiger partial charge in [-0.3, -0.25) is 4.68 Å². The van der Waals surface area contributed by atoms with E-state index in [2.05, 4.69) is 30.5 Å². The quantitative estimate of drug-likeness (QED) is 0.380. The molecule has 0 fully saturated rings. The summed E-state index contributed by atoms with van der Waals surface area (Å²) in [6, 6.07) is 4.03. The second-order valence-electron chi connectivity index (χ2n) is 8.45. The van der Waals surface area contributed by atoms with Gasteiger partial charge in [0.25, 0.3) is 0 Å². The average molecular weight is 444 g/mol. The zero-order valence-corrected chi connectivity index (χ0v) is 18.9. The molecule has 5 aromatic rings. The highest BCUT2D eigenvalue weighted by Crippen LogP contribution is 2.41. The van der Waals surface area contributed by atoms with Gasteiger partial charge in [-0.05, 0) is 45.2 Å². The van der Waals surface area contributed by atoms with Gasteiger partial charge < -0.3 is 25.3 Å². The predicted octanol–water partition coefficient (Wildman–Crippen LogP) is 3.94. The lowest BCUT2D eigenvalue weighted by Gasteiger charge is -2.11. The van der Waals surface area contributed by atoms with Crippen LogP contribution in [0.5, 0.6) is 5.75 Å². The van der Waals surface area contributed by atoms with E-state index in [-0.39, 0.29) is 5.95 Å². The van der Waals surface area contributed by atoms with Crippen LogP contribution >= 0.6 is 0 Å². The number of nitrogens with zero attached hydrogens (tertiary/aromatic N) is 5. The van der Waals surface area contributed by atoms with Crippen LogP contribution in [0.3, 0.4) is 0 Å². The van der Waals surface area contributed by atoms with Crippen LogP contribution in [0.1, 0.15) is 29.1 Å². The van der Waals surface area contributed by atoms with Crippen molar-refractivity contribution in [2.75, 3.05) is 18.2 Å². The van der Waals surface area contributed by atoms with Gasteiger partial charge in [0.2, 0.25) is 5.95 Å². The number of rotatable bonds is 4. The zero-order chi connectivity index (χ0) is 22.9. The molecule has 0 saturated carbocycles. The molecule has 0 bridgehead atoms. The van der Waals surface area contributed by atoms with Crippen molar-refractivity contribution in [3.63, 3.8) is 0 Å². The number of aromatic amines is 1. The maximum atomic E-state index is 6.08. The van der Waals surface area contributed by atoms with Crippen LogP contribution < -0.4 is 15.8 Å². The standard InChI is InChI=1S/C23H24N8O2/c1-10-18(11(2)33-30-10)14-8-16-13(9-17(14)32-4)19-20(25-16)27-23(24)28-21(19)26-22-12-6-5-7-15(12)29-31(22)3/h8-9H,5-7H2,1-4H3,(H4,24,25,26,27,28). The maximum Gasteiger partial charge on any atom is 0.224 e. The Hall–Kier alpha value is -4.08. The molecule has 0 atom stereocenters. The van der Waals surface area contributed by atoms with E-state index in [4.69, 9.17) is 15.0 Å². The monoisotopic (exact) mass is 444 g/mol. The van der Waals surface area contributed by atoms with Crippen LogP contribution in [0.15, 0.2) is 16.7 Å². The van der Waals surface area contributed by atoms with E-state index in [1.54, 1.807) is 7.11 Å². The molecule has 1 aliphatic rings. The minimum atomic E-state index is 0.188. The van der Waals surface area contributed by atoms with Crippen molar-refractivity contribution in [3.8, 4) is 16.9 Å². The molecule has 10 nitrogen and oxygen atoms in total. The van der Waals surface area contributed by atoms with E-state index in [9.17, 15) is 0 Å². The Kier molecular flexibility index (Phi) is 4.13. The Morgan fingerprint density at radius 2 is 2.06 bits per heavy atom. The predicted molar refractivity (Wildman–Crippen MR) is 126 cm³/mol. The summed E-state index contributed by atoms with van der Waals surface area (Å²) < 4.78 is 13.0. The van der Waals surface area contributed by atoms with Crippen molar-refractivity contribution < 1.29 is 9.26 Å². The molecule has 0 amide bonds. The highest BCUT2D eigenvalue weighted by molar-refractivity contribution is 6.13. The van der Waals surface area contributed by atoms with Crippen LogP contribution in [0.4, 0.5) is 17.6 Å². The lowest BCUT2D eigenvalue weighted by Crippen LogP contribution is -2.05. The first-order valence-corrected chi connectivity index (χ1v) is 10.9. The first-order chi connectivity index (χ1) is 15.9. The molecule has 1 aromatic carbocycles. The van der Waals surface area contributed by atoms with Crippen molar-refractivity contribution in [1.29, 1.82) is 0 Å². The number of anilines is 3. The molecule has 0 saturated heterocycles. The normalized spacial score (nSPS) is 13.2. The number of hydrogen-bond donors (Lipinski definition) is 3. The molecule has 1 aliphatic carbocycles. The maximum absolute atomic E-state index is 6.08. The minimum absolute atomic E-state index is 0.188. The summed E-state index contributed by atoms with van der Waals surface area (Å²) in [7, 11) is 3.60. The zero-order valence-electron chi connectivity index (χ0n) is 18.9. The molecule has 10 heteroatoms. The molecule has 4 heterocycles. The van der Waals surface area contributed by atoms with Gasteiger partial charge >= 0.3 is 0 Å². The molecule has 0 spiro atoms. The largest absolute Gasteiger partial charge is 0.496 e. The highest BCUT2D eigenvalue weighted by atomic mass is 16.5. The number of nitrogens with one attached hydrogen (secondary N) is 2. The lowest BCUT2D eigenvalue weighted by molar-refractivity contribution is 0.393. The van der Waals surface area contributed by atoms with E-state index < -0.39 is 0 Å². The molecule has 4 N–H and O–H groups in total. The van der Waals surface area contributed by atoms with Gasteiger partial charge in [-0.25, -0.2) is 0 Å². The number of hydrogen-bond acceptors (Lipinski definition) is 8. The van der Waals surface area contributed by atoms with E-state index in [0.29, 0.717) is 17.2 Å². The number of aryl methyl sites for hydroxylation is 4. The third-order valence-corrected chi connectivity index (χ3v) is 6.40. The number of ether oxygens (including phenoxy) is 1. The summed E-state index contributed by atoms with van der Waals surface area (Å²) in [6.07, 6.45) is 3.11. The van der Waals surface area contributed by atoms with E-state index in [1.165, 1.54) is 5.56 Å². The third kappa shape index (κ3) is 2.86. The number of aromatic nitrogens is 6. The summed E-state index contributed by atoms with van der Waals surface area (Å²) in [5, 5.41) is 14.0. The first-order valence-electron chi connectivity index (χ1n) is 10.9. The third-order valence-electron chi connectivity index (χ3n) is 6.40. The molecular weight excluding hydrogens is 420 g/mol. The number of fused-ring (bicyclic) bond motifs is 4. The van der Waals surface area contributed by atoms with Gasteiger partial charge in [-0.2, -0.15) is 15.1 Å². The van der Waals surface area contributed by atoms with Gasteiger partial charge in [0.15, 0.2) is 0 Å². The number of nitrogen functional groups attached to an aromatic ring is 1. The topological polar surface area (TPSA) is 133 Å². The van der Waals surface area contributed by atoms with Crippen molar-refractivity contribution in [2.45, 2.75) is 33.1 Å². The van der Waals surface area contributed by atoms with E-state index in [1.807, 2.05) is 37.7 Å². The Morgan fingerprint density at radius 1 is 1.21 bits per heavy atom. The lowest BCUT2D eigenvalue weighted by atomic mass is 10.0. The molecule has 33 heavy (non-hydrogen) atoms. The van der Waals surface area contributed by atoms with Crippen molar-refractivity contribution in [1.82, 2.24) is 29.9 Å². The Bertz CT molecular complexity index is 1540. The fraction of sp³-hybridized carbons (Fsp3) is 0.304. The second-order valence-corrected chi connectivity index (χ2v) is 8.45. The Labute approximate surface area is 189 Å². The number of methoxy groups -OCH3 is 1. The van der Waals surface area contributed by atoms with Crippen LogP contribution in [0.25, 0.3) is 33.1 Å². The average Bonchev–Trinajstić information content (AvgIpc) is 3.52. The molecule has 4 aromatic heterocycles. The van der Waals surface area contributed by atoms with Gasteiger partial charge in [-0.1, -0.05) is 5.16 Å². The summed E-state index contributed by atoms with van der Waals surface area (Å²) in [4.78, 5) is 12.4. The van der Waals surface area contributed by atoms with Crippen molar-refractivity contribution in [2.24, 2.45) is 7.05 Å². The van der Waals surface area contributed by atoms with Gasteiger partial charge in [0, 0.05) is 29.1 Å². The van der Waals surface area contributed by atoms with Crippen molar-refractivity contribution in [3.05, 3.63) is 34.8 Å². The second kappa shape index (κ2) is 6.96. The smallest absolute Gasteiger partial charge is 0.224 e. The van der Waals surface area contributed by atoms with Crippen LogP contribution in [0, 0.1) is 13.8 Å². The molecule has 0 unspecified atom stereocenters. The van der Waals surface area contributed by atoms with Gasteiger partial charge in [-0.15, -0.1) is 0 Å². The van der Waals surface area contributed by atoms with Crippen molar-refractivity contribution >= 4 is 39.5 Å². The number of benzene rings is 1. The fourth-order valence-corrected chi connectivity index (χ4v) is 4.95. The summed E-state index contributed by atoms with van der Waals surface area (Å²) in [5.74, 6) is 3.21. The molecule has 168 valence electrons. The Balaban J connectivity index is 1.58. The molecule has 0 radical (unpaired) electrons. The summed E-state index contributed by atoms with van der Waals surface area (Å²) in [5.41, 5.74) is 12.6. The fourth-order valence-electron chi connectivity index (χ4n) is 4.95. The van der Waals surface area contributed by atoms with Gasteiger partial charge in [0.05, 0.1) is 29.4 Å². The molecule has 0 aliphatic heterocycles. The number of nitrogens with two attached hydrogens (primary N) is 1. The van der Waals surface area contributed by atoms with Crippen LogP contribution in [0.2, 0.25) is 0 Å². The van der Waals surface area contributed by atoms with Gasteiger partial charge in [0.1, 0.15) is 28.8 Å². The van der Waals surface area contributed by atoms with Crippen LogP contribution in [-0.2, 0) is 19.9 Å². The SMILES string of the molecule is COc1cc2c(cc1-c1c(C)noc1C)[nH]c1nc(N)nc(Nc3c4c(nn3C)CCC4)c12. The molecule has 6 rings (SSSR count). The molecular formula is C23H24N8O2. The Morgan fingerprint density at radius 3 is 2.82 bits per heavy atom. The van der Waals surface area contributed by atoms with E-state index >= 15 is 0 Å². The minimum Gasteiger partial charge on any atom is -0.496 e. The summed E-state index contributed by atoms with van der Waals surface area (Å²) in [6.45, 7) is 3.81.